The summed E-state index contributed by atoms with van der Waals surface area (Å²) in [6.45, 7) is 3.46. The number of hydrogen-bond donors (Lipinski definition) is 3. The molecule has 8 bridgehead atoms. The summed E-state index contributed by atoms with van der Waals surface area (Å²) >= 11 is 9.35. The van der Waals surface area contributed by atoms with Gasteiger partial charge in [0.2, 0.25) is 0 Å². The Bertz CT molecular complexity index is 3600. The fourth-order valence-corrected chi connectivity index (χ4v) is 34.1. The number of ether oxygens (including phenoxy) is 3. The van der Waals surface area contributed by atoms with E-state index in [-0.39, 0.29) is 37.4 Å². The third kappa shape index (κ3) is 16.6. The minimum absolute atomic E-state index is 0. The van der Waals surface area contributed by atoms with E-state index in [4.69, 9.17) is 33.4 Å². The van der Waals surface area contributed by atoms with Gasteiger partial charge >= 0.3 is 12.3 Å². The smallest absolute Gasteiger partial charge is 0.373 e. The monoisotopic (exact) mass is 1310 g/mol. The quantitative estimate of drug-likeness (QED) is 0.0835. The summed E-state index contributed by atoms with van der Waals surface area (Å²) < 4.78 is 17.0. The first kappa shape index (κ1) is 65.7. The number of carbonyl (C=O) groups excluding carboxylic acids is 4. The largest absolute Gasteiger partial charge is 0.508 e. The normalized spacial score (nSPS) is 23.3. The molecule has 6 aromatic rings. The second-order valence-corrected chi connectivity index (χ2v) is 37.8. The summed E-state index contributed by atoms with van der Waals surface area (Å²) in [6.07, 6.45) is 17.5. The maximum Gasteiger partial charge on any atom is 0.373 e. The van der Waals surface area contributed by atoms with Crippen LogP contribution in [0, 0.1) is 35.5 Å². The fraction of sp³-hybridized carbons (Fsp3) is 0.443. The zero-order valence-corrected chi connectivity index (χ0v) is 53.8. The summed E-state index contributed by atoms with van der Waals surface area (Å²) in [5.74, 6) is 7.25. The highest BCUT2D eigenvalue weighted by Crippen LogP contribution is 2.63. The van der Waals surface area contributed by atoms with Crippen LogP contribution in [0.2, 0.25) is 0 Å². The minimum Gasteiger partial charge on any atom is -0.508 e. The van der Waals surface area contributed by atoms with Gasteiger partial charge in [-0.15, -0.1) is 0 Å². The second kappa shape index (κ2) is 32.0. The minimum atomic E-state index is 0. The summed E-state index contributed by atoms with van der Waals surface area (Å²) in [6, 6.07) is 35.3. The molecule has 0 radical (unpaired) electrons. The first-order valence-electron chi connectivity index (χ1n) is 26.8. The number of phenolic OH excluding ortho intramolecular Hbond substituents is 3. The third-order valence-corrected chi connectivity index (χ3v) is 34.9. The molecule has 3 N–H and O–H groups in total. The number of phenols is 3. The van der Waals surface area contributed by atoms with Crippen LogP contribution in [0.4, 0.5) is 0 Å². The van der Waals surface area contributed by atoms with Crippen molar-refractivity contribution in [1.29, 1.82) is 0 Å². The van der Waals surface area contributed by atoms with Crippen molar-refractivity contribution in [2.75, 3.05) is 27.1 Å². The van der Waals surface area contributed by atoms with Crippen molar-refractivity contribution in [3.05, 3.63) is 120 Å². The van der Waals surface area contributed by atoms with Crippen LogP contribution in [0.1, 0.15) is 108 Å². The van der Waals surface area contributed by atoms with Crippen LogP contribution in [0.5, 0.6) is 23.0 Å². The Balaban J connectivity index is 0.000000186. The number of aromatic hydroxyl groups is 3. The lowest BCUT2D eigenvalue weighted by molar-refractivity contribution is -0.193. The fourth-order valence-electron chi connectivity index (χ4n) is 14.9. The van der Waals surface area contributed by atoms with Crippen LogP contribution in [0.15, 0.2) is 103 Å². The molecule has 21 heteroatoms. The summed E-state index contributed by atoms with van der Waals surface area (Å²) in [5.41, 5.74) is 8.63. The Labute approximate surface area is 516 Å². The van der Waals surface area contributed by atoms with Crippen LogP contribution in [-0.2, 0) is 148 Å². The third-order valence-electron chi connectivity index (χ3n) is 17.1. The zero-order chi connectivity index (χ0) is 57.4. The van der Waals surface area contributed by atoms with Crippen LogP contribution in [0.25, 0.3) is 43.8 Å². The molecule has 0 spiro atoms. The van der Waals surface area contributed by atoms with Gasteiger partial charge in [0.1, 0.15) is 23.0 Å². The van der Waals surface area contributed by atoms with Gasteiger partial charge in [0.15, 0.2) is 6.79 Å². The van der Waals surface area contributed by atoms with Crippen LogP contribution in [-0.4, -0.2) is 54.7 Å². The lowest BCUT2D eigenvalue weighted by Gasteiger charge is -2.57. The molecule has 438 valence electrons. The van der Waals surface area contributed by atoms with E-state index >= 15 is 0 Å². The van der Waals surface area contributed by atoms with E-state index in [2.05, 4.69) is 96.0 Å². The molecule has 8 fully saturated rings. The Morgan fingerprint density at radius 3 is 1.45 bits per heavy atom. The van der Waals surface area contributed by atoms with Gasteiger partial charge in [-0.1, -0.05) is 68.9 Å². The highest BCUT2D eigenvalue weighted by atomic mass is 33.4. The van der Waals surface area contributed by atoms with Crippen LogP contribution >= 0.6 is 0 Å². The highest BCUT2D eigenvalue weighted by molar-refractivity contribution is 8.74. The number of hydrogen-bond acceptors (Lipinski definition) is 12. The topological polar surface area (TPSA) is 157 Å². The Hall–Kier alpha value is -3.86. The molecule has 0 aliphatic heterocycles. The molecule has 0 atom stereocenters. The lowest BCUT2D eigenvalue weighted by Crippen LogP contribution is -2.48. The van der Waals surface area contributed by atoms with Crippen LogP contribution < -0.4 is 4.74 Å². The van der Waals surface area contributed by atoms with Gasteiger partial charge < -0.3 is 29.5 Å². The second-order valence-electron chi connectivity index (χ2n) is 21.9. The lowest BCUT2D eigenvalue weighted by atomic mass is 9.48. The maximum atomic E-state index is 10.8. The predicted octanol–water partition coefficient (Wildman–Crippen LogP) is 13.1. The number of methoxy groups -OCH3 is 1. The number of benzene rings is 6. The molecule has 0 unspecified atom stereocenters. The zero-order valence-electron chi connectivity index (χ0n) is 44.8. The molecule has 8 saturated carbocycles. The summed E-state index contributed by atoms with van der Waals surface area (Å²) in [7, 11) is 16.2. The van der Waals surface area contributed by atoms with Crippen molar-refractivity contribution in [3.8, 4) is 45.3 Å². The van der Waals surface area contributed by atoms with E-state index in [0.29, 0.717) is 30.5 Å². The van der Waals surface area contributed by atoms with E-state index in [9.17, 15) is 15.3 Å². The van der Waals surface area contributed by atoms with Gasteiger partial charge in [-0.05, 0) is 217 Å². The van der Waals surface area contributed by atoms with Gasteiger partial charge in [-0.3, -0.25) is 0 Å². The molecule has 82 heavy (non-hydrogen) atoms. The standard InChI is InChI=1S/C32H38O4.C26H26O2.2CO2.CH4.S11/c1-3-21-13-27-5-4-25(15-28(27)30(33)14-21)26-6-7-31(36-20-35-9-8-34-2)29(16-26)32-17-22-10-23(18-32)12-24(11-22)19-32;27-24-3-1-2-19-4-5-20(11-22(19)24)21-6-7-25(28)23(12-21)26-13-16-8-17(14-26)10-18(9-16)15-26;2*2-1-3;;1-3-5-7-9-11-10-8-6-4-2/h4-7,13-16,22-24,33H,3,8-12,17-20H2,1-2H3;1-7,11-12,16-18,27-28H,8-10,13-15H2;;;1H4;. The maximum absolute atomic E-state index is 10.8. The molecule has 0 heterocycles. The number of fused-ring (bicyclic) bond motifs is 2. The predicted molar refractivity (Wildman–Crippen MR) is 354 cm³/mol. The van der Waals surface area contributed by atoms with E-state index in [1.807, 2.05) is 30.3 Å². The van der Waals surface area contributed by atoms with E-state index in [1.54, 1.807) is 75.3 Å². The van der Waals surface area contributed by atoms with E-state index in [0.717, 1.165) is 91.5 Å². The Morgan fingerprint density at radius 2 is 0.951 bits per heavy atom. The average Bonchev–Trinajstić information content (AvgIpc) is 3.64. The molecule has 10 nitrogen and oxygen atoms in total. The van der Waals surface area contributed by atoms with Gasteiger partial charge in [-0.2, -0.15) is 19.2 Å². The van der Waals surface area contributed by atoms with Crippen LogP contribution in [0.3, 0.4) is 0 Å². The van der Waals surface area contributed by atoms with Gasteiger partial charge in [0.05, 0.1) is 13.2 Å². The molecule has 0 amide bonds. The van der Waals surface area contributed by atoms with Crippen molar-refractivity contribution < 1.29 is 48.7 Å². The Kier molecular flexibility index (Phi) is 25.7. The van der Waals surface area contributed by atoms with Gasteiger partial charge in [-0.25, -0.2) is 0 Å². The summed E-state index contributed by atoms with van der Waals surface area (Å²) in [5, 5.41) is 35.7. The first-order chi connectivity index (χ1) is 39.4. The van der Waals surface area contributed by atoms with Crippen molar-refractivity contribution in [3.63, 3.8) is 0 Å². The molecule has 14 rings (SSSR count). The van der Waals surface area contributed by atoms with E-state index < -0.39 is 0 Å². The summed E-state index contributed by atoms with van der Waals surface area (Å²) in [4.78, 5) is 32.5. The molecule has 0 aromatic heterocycles. The SMILES string of the molecule is C.CCc1cc(O)c2cc(-c3ccc(OCOCCOC)c(C45CC6CC(CC(C6)C4)C5)c3)ccc2c1.O=C=O.O=C=O.Oc1ccc(-c2ccc3cccc(O)c3c2)cc1C12CC3CC(CC(C3)C1)C2.S=S=S=S=S=S=S=S=S=S=S. The molecular weight excluding hydrogens is 1250 g/mol. The Morgan fingerprint density at radius 1 is 0.512 bits per heavy atom. The molecule has 8 aliphatic carbocycles. The molecule has 6 aromatic carbocycles. The molecule has 0 saturated heterocycles. The first-order valence-corrected chi connectivity index (χ1v) is 40.1. The van der Waals surface area contributed by atoms with Crippen molar-refractivity contribution in [2.24, 2.45) is 35.5 Å². The highest BCUT2D eigenvalue weighted by Gasteiger charge is 2.54. The molecular formula is C61H68O10S11. The number of aryl methyl sites for hydroxylation is 1. The van der Waals surface area contributed by atoms with Crippen molar-refractivity contribution >= 4 is 136 Å². The van der Waals surface area contributed by atoms with Crippen molar-refractivity contribution in [1.82, 2.24) is 0 Å². The number of rotatable bonds is 11. The molecule has 8 aliphatic rings. The average molecular weight is 1310 g/mol. The van der Waals surface area contributed by atoms with E-state index in [1.165, 1.54) is 112 Å². The van der Waals surface area contributed by atoms with Gasteiger partial charge in [0.25, 0.3) is 0 Å². The van der Waals surface area contributed by atoms with Gasteiger partial charge in [0, 0.05) is 131 Å². The van der Waals surface area contributed by atoms with Crippen molar-refractivity contribution in [2.45, 2.75) is 109 Å².